The van der Waals surface area contributed by atoms with Gasteiger partial charge in [0, 0.05) is 41.4 Å². The fourth-order valence-electron chi connectivity index (χ4n) is 3.76. The van der Waals surface area contributed by atoms with Gasteiger partial charge in [-0.1, -0.05) is 18.2 Å². The number of carboxylic acids is 2. The summed E-state index contributed by atoms with van der Waals surface area (Å²) in [6.07, 6.45) is 1.11. The first-order chi connectivity index (χ1) is 16.2. The molecule has 1 aliphatic heterocycles. The maximum absolute atomic E-state index is 12.4. The van der Waals surface area contributed by atoms with Crippen LogP contribution in [-0.2, 0) is 43.4 Å². The predicted octanol–water partition coefficient (Wildman–Crippen LogP) is 1.32. The molecular formula is C22H19N3O8S. The molecule has 1 aliphatic rings. The summed E-state index contributed by atoms with van der Waals surface area (Å²) in [5, 5.41) is 23.7. The van der Waals surface area contributed by atoms with Crippen molar-refractivity contribution in [3.8, 4) is 0 Å². The number of aromatic amines is 1. The van der Waals surface area contributed by atoms with Crippen LogP contribution in [0.25, 0.3) is 10.9 Å². The van der Waals surface area contributed by atoms with Crippen molar-refractivity contribution in [1.82, 2.24) is 10.3 Å². The highest BCUT2D eigenvalue weighted by Crippen LogP contribution is 2.37. The predicted molar refractivity (Wildman–Crippen MR) is 120 cm³/mol. The van der Waals surface area contributed by atoms with Crippen LogP contribution in [0.5, 0.6) is 0 Å². The number of carbonyl (C=O) groups is 5. The summed E-state index contributed by atoms with van der Waals surface area (Å²) in [6, 6.07) is 7.42. The summed E-state index contributed by atoms with van der Waals surface area (Å²) in [6.45, 7) is -0.00331. The molecule has 0 saturated heterocycles. The topological polar surface area (TPSA) is 175 Å². The monoisotopic (exact) mass is 485 g/mol. The average Bonchev–Trinajstić information content (AvgIpc) is 3.37. The number of ether oxygens (including phenoxy) is 1. The van der Waals surface area contributed by atoms with Crippen LogP contribution in [0.2, 0.25) is 0 Å². The molecule has 1 aromatic carbocycles. The van der Waals surface area contributed by atoms with E-state index in [9.17, 15) is 29.1 Å². The fraction of sp³-hybridized carbons (Fsp3) is 0.227. The Bertz CT molecular complexity index is 1320. The molecule has 11 nitrogen and oxygen atoms in total. The summed E-state index contributed by atoms with van der Waals surface area (Å²) in [5.74, 6) is -5.81. The van der Waals surface area contributed by atoms with E-state index in [2.05, 4.69) is 15.6 Å². The van der Waals surface area contributed by atoms with E-state index >= 15 is 0 Å². The lowest BCUT2D eigenvalue weighted by molar-refractivity contribution is -0.147. The van der Waals surface area contributed by atoms with Crippen LogP contribution in [-0.4, -0.2) is 57.4 Å². The molecule has 1 unspecified atom stereocenters. The number of hydrogen-bond donors (Lipinski definition) is 5. The van der Waals surface area contributed by atoms with Crippen LogP contribution in [0.3, 0.4) is 0 Å². The van der Waals surface area contributed by atoms with Crippen LogP contribution in [0.4, 0.5) is 5.00 Å². The number of hydrogen-bond acceptors (Lipinski definition) is 7. The van der Waals surface area contributed by atoms with Crippen LogP contribution in [0.1, 0.15) is 26.4 Å². The Labute approximate surface area is 195 Å². The Hall–Kier alpha value is -4.03. The molecule has 3 aromatic rings. The Kier molecular flexibility index (Phi) is 6.43. The minimum absolute atomic E-state index is 0.0209. The number of benzene rings is 1. The number of aliphatic carboxylic acids is 1. The number of fused-ring (bicyclic) bond motifs is 2. The van der Waals surface area contributed by atoms with Crippen molar-refractivity contribution in [3.63, 3.8) is 0 Å². The fourth-order valence-corrected chi connectivity index (χ4v) is 4.90. The first-order valence-corrected chi connectivity index (χ1v) is 11.0. The number of H-pyrrole nitrogens is 1. The standard InChI is InChI=1S/C22H19N3O8S/c26-15(5-10-7-23-14-4-2-1-3-12(10)14)18(27)24-8-11-6-13-16(9-33-11)34-20(17(13)21(29)30)25-19(28)22(31)32/h1-4,7,11,23H,5-6,8-9H2,(H,24,27)(H,25,28)(H,29,30)(H,31,32). The third kappa shape index (κ3) is 4.67. The second kappa shape index (κ2) is 9.45. The van der Waals surface area contributed by atoms with Crippen molar-refractivity contribution in [2.45, 2.75) is 25.6 Å². The smallest absolute Gasteiger partial charge is 0.394 e. The maximum Gasteiger partial charge on any atom is 0.394 e. The molecule has 3 heterocycles. The van der Waals surface area contributed by atoms with Crippen molar-refractivity contribution in [2.24, 2.45) is 0 Å². The van der Waals surface area contributed by atoms with Gasteiger partial charge in [-0.15, -0.1) is 11.3 Å². The number of aromatic carboxylic acids is 1. The number of amides is 2. The largest absolute Gasteiger partial charge is 0.478 e. The number of ketones is 1. The number of thiophene rings is 1. The van der Waals surface area contributed by atoms with Gasteiger partial charge < -0.3 is 30.6 Å². The van der Waals surface area contributed by atoms with Gasteiger partial charge in [-0.05, 0) is 17.2 Å². The lowest BCUT2D eigenvalue weighted by atomic mass is 10.0. The van der Waals surface area contributed by atoms with Crippen molar-refractivity contribution in [3.05, 3.63) is 52.0 Å². The molecule has 1 atom stereocenters. The van der Waals surface area contributed by atoms with Gasteiger partial charge in [-0.2, -0.15) is 0 Å². The van der Waals surface area contributed by atoms with Gasteiger partial charge in [0.25, 0.3) is 5.91 Å². The number of anilines is 1. The molecule has 176 valence electrons. The highest BCUT2D eigenvalue weighted by molar-refractivity contribution is 7.17. The summed E-state index contributed by atoms with van der Waals surface area (Å²) in [7, 11) is 0. The Morgan fingerprint density at radius 1 is 1.12 bits per heavy atom. The molecule has 0 radical (unpaired) electrons. The van der Waals surface area contributed by atoms with Crippen LogP contribution in [0.15, 0.2) is 30.5 Å². The minimum Gasteiger partial charge on any atom is -0.478 e. The molecule has 0 bridgehead atoms. The van der Waals surface area contributed by atoms with Crippen molar-refractivity contribution < 1.29 is 38.9 Å². The number of carboxylic acid groups (broad SMARTS) is 2. The summed E-state index contributed by atoms with van der Waals surface area (Å²) >= 11 is 0.925. The molecule has 5 N–H and O–H groups in total. The molecule has 2 aromatic heterocycles. The quantitative estimate of drug-likeness (QED) is 0.311. The van der Waals surface area contributed by atoms with Gasteiger partial charge in [0.15, 0.2) is 0 Å². The molecule has 0 spiro atoms. The highest BCUT2D eigenvalue weighted by Gasteiger charge is 2.31. The number of Topliss-reactive ketones (excluding diaryl/α,β-unsaturated/α-hetero) is 1. The second-order valence-electron chi connectivity index (χ2n) is 7.58. The van der Waals surface area contributed by atoms with E-state index in [1.807, 2.05) is 24.3 Å². The van der Waals surface area contributed by atoms with Gasteiger partial charge >= 0.3 is 17.8 Å². The van der Waals surface area contributed by atoms with E-state index in [4.69, 9.17) is 9.84 Å². The Balaban J connectivity index is 1.39. The van der Waals surface area contributed by atoms with Gasteiger partial charge in [0.1, 0.15) is 5.00 Å². The zero-order chi connectivity index (χ0) is 24.4. The van der Waals surface area contributed by atoms with Gasteiger partial charge in [-0.3, -0.25) is 14.4 Å². The van der Waals surface area contributed by atoms with Crippen LogP contribution < -0.4 is 10.6 Å². The number of aromatic nitrogens is 1. The van der Waals surface area contributed by atoms with Crippen LogP contribution in [0, 0.1) is 0 Å². The van der Waals surface area contributed by atoms with Crippen molar-refractivity contribution in [2.75, 3.05) is 11.9 Å². The van der Waals surface area contributed by atoms with E-state index in [0.717, 1.165) is 22.2 Å². The van der Waals surface area contributed by atoms with E-state index < -0.39 is 35.6 Å². The SMILES string of the molecule is O=C(O)C(=O)Nc1sc2c(c1C(=O)O)CC(CNC(=O)C(=O)Cc1c[nH]c3ccccc13)OC2. The van der Waals surface area contributed by atoms with Gasteiger partial charge in [0.2, 0.25) is 5.78 Å². The third-order valence-electron chi connectivity index (χ3n) is 5.38. The molecule has 12 heteroatoms. The number of rotatable bonds is 7. The van der Waals surface area contributed by atoms with Crippen molar-refractivity contribution >= 4 is 56.8 Å². The van der Waals surface area contributed by atoms with E-state index in [0.29, 0.717) is 16.0 Å². The maximum atomic E-state index is 12.4. The average molecular weight is 485 g/mol. The molecule has 0 fully saturated rings. The summed E-state index contributed by atoms with van der Waals surface area (Å²) in [5.41, 5.74) is 1.76. The second-order valence-corrected chi connectivity index (χ2v) is 8.68. The Morgan fingerprint density at radius 2 is 1.88 bits per heavy atom. The molecule has 0 aliphatic carbocycles. The highest BCUT2D eigenvalue weighted by atomic mass is 32.1. The summed E-state index contributed by atoms with van der Waals surface area (Å²) < 4.78 is 5.66. The third-order valence-corrected chi connectivity index (χ3v) is 6.50. The number of carbonyl (C=O) groups excluding carboxylic acids is 3. The van der Waals surface area contributed by atoms with E-state index in [-0.39, 0.29) is 36.6 Å². The molecule has 4 rings (SSSR count). The van der Waals surface area contributed by atoms with Gasteiger partial charge in [0.05, 0.1) is 18.3 Å². The lowest BCUT2D eigenvalue weighted by Crippen LogP contribution is -2.40. The minimum atomic E-state index is -1.74. The zero-order valence-electron chi connectivity index (χ0n) is 17.5. The van der Waals surface area contributed by atoms with Crippen LogP contribution >= 0.6 is 11.3 Å². The molecule has 2 amide bonds. The number of para-hydroxylation sites is 1. The molecular weight excluding hydrogens is 466 g/mol. The van der Waals surface area contributed by atoms with E-state index in [1.165, 1.54) is 0 Å². The van der Waals surface area contributed by atoms with Crippen molar-refractivity contribution in [1.29, 1.82) is 0 Å². The number of nitrogens with one attached hydrogen (secondary N) is 3. The zero-order valence-corrected chi connectivity index (χ0v) is 18.4. The Morgan fingerprint density at radius 3 is 2.62 bits per heavy atom. The normalized spacial score (nSPS) is 14.9. The lowest BCUT2D eigenvalue weighted by Gasteiger charge is -2.23. The van der Waals surface area contributed by atoms with E-state index in [1.54, 1.807) is 6.20 Å². The summed E-state index contributed by atoms with van der Waals surface area (Å²) in [4.78, 5) is 62.4. The first kappa shape index (κ1) is 23.1. The van der Waals surface area contributed by atoms with Gasteiger partial charge in [-0.25, -0.2) is 9.59 Å². The first-order valence-electron chi connectivity index (χ1n) is 10.1. The molecule has 0 saturated carbocycles. The molecule has 34 heavy (non-hydrogen) atoms.